The van der Waals surface area contributed by atoms with Gasteiger partial charge in [-0.3, -0.25) is 0 Å². The van der Waals surface area contributed by atoms with E-state index in [4.69, 9.17) is 4.74 Å². The van der Waals surface area contributed by atoms with Crippen molar-refractivity contribution in [3.63, 3.8) is 0 Å². The molecule has 0 radical (unpaired) electrons. The normalized spacial score (nSPS) is 19.3. The SMILES string of the molecule is CCOCCCC(CC1CCC1)NC. The first-order chi connectivity index (χ1) is 6.86. The van der Waals surface area contributed by atoms with Crippen molar-refractivity contribution in [2.75, 3.05) is 20.3 Å². The minimum Gasteiger partial charge on any atom is -0.382 e. The molecule has 1 rings (SSSR count). The smallest absolute Gasteiger partial charge is 0.0466 e. The summed E-state index contributed by atoms with van der Waals surface area (Å²) in [6, 6.07) is 0.723. The van der Waals surface area contributed by atoms with E-state index in [2.05, 4.69) is 19.3 Å². The number of ether oxygens (including phenoxy) is 1. The van der Waals surface area contributed by atoms with Gasteiger partial charge in [-0.15, -0.1) is 0 Å². The van der Waals surface area contributed by atoms with Crippen LogP contribution in [0.5, 0.6) is 0 Å². The highest BCUT2D eigenvalue weighted by Gasteiger charge is 2.20. The summed E-state index contributed by atoms with van der Waals surface area (Å²) in [6.07, 6.45) is 8.23. The molecule has 1 saturated carbocycles. The lowest BCUT2D eigenvalue weighted by molar-refractivity contribution is 0.138. The average molecular weight is 199 g/mol. The van der Waals surface area contributed by atoms with Crippen LogP contribution in [0, 0.1) is 5.92 Å². The van der Waals surface area contributed by atoms with E-state index in [1.165, 1.54) is 38.5 Å². The summed E-state index contributed by atoms with van der Waals surface area (Å²) in [5, 5.41) is 3.42. The second-order valence-electron chi connectivity index (χ2n) is 4.36. The Bertz CT molecular complexity index is 134. The Morgan fingerprint density at radius 1 is 1.43 bits per heavy atom. The third kappa shape index (κ3) is 4.43. The second-order valence-corrected chi connectivity index (χ2v) is 4.36. The Hall–Kier alpha value is -0.0800. The molecule has 1 aliphatic carbocycles. The molecule has 0 saturated heterocycles. The van der Waals surface area contributed by atoms with Gasteiger partial charge in [-0.05, 0) is 39.2 Å². The highest BCUT2D eigenvalue weighted by molar-refractivity contribution is 4.76. The summed E-state index contributed by atoms with van der Waals surface area (Å²) in [4.78, 5) is 0. The lowest BCUT2D eigenvalue weighted by atomic mass is 9.80. The van der Waals surface area contributed by atoms with Crippen molar-refractivity contribution in [2.24, 2.45) is 5.92 Å². The van der Waals surface area contributed by atoms with Crippen molar-refractivity contribution < 1.29 is 4.74 Å². The van der Waals surface area contributed by atoms with Gasteiger partial charge in [0.25, 0.3) is 0 Å². The molecule has 0 aliphatic heterocycles. The minimum absolute atomic E-state index is 0.723. The first-order valence-corrected chi connectivity index (χ1v) is 6.11. The second kappa shape index (κ2) is 7.24. The van der Waals surface area contributed by atoms with Gasteiger partial charge < -0.3 is 10.1 Å². The van der Waals surface area contributed by atoms with Crippen LogP contribution in [0.2, 0.25) is 0 Å². The molecule has 0 aromatic heterocycles. The molecule has 14 heavy (non-hydrogen) atoms. The summed E-state index contributed by atoms with van der Waals surface area (Å²) < 4.78 is 5.35. The third-order valence-electron chi connectivity index (χ3n) is 3.30. The van der Waals surface area contributed by atoms with Crippen molar-refractivity contribution in [3.8, 4) is 0 Å². The van der Waals surface area contributed by atoms with Crippen LogP contribution in [0.3, 0.4) is 0 Å². The predicted molar refractivity (Wildman–Crippen MR) is 60.5 cm³/mol. The molecule has 0 aromatic carbocycles. The molecule has 0 bridgehead atoms. The van der Waals surface area contributed by atoms with Gasteiger partial charge in [0.05, 0.1) is 0 Å². The number of nitrogens with one attached hydrogen (secondary N) is 1. The van der Waals surface area contributed by atoms with E-state index in [-0.39, 0.29) is 0 Å². The van der Waals surface area contributed by atoms with Gasteiger partial charge in [-0.2, -0.15) is 0 Å². The molecule has 0 amide bonds. The fourth-order valence-electron chi connectivity index (χ4n) is 2.09. The largest absolute Gasteiger partial charge is 0.382 e. The molecule has 1 fully saturated rings. The standard InChI is InChI=1S/C12H25NO/c1-3-14-9-5-8-12(13-2)10-11-6-4-7-11/h11-13H,3-10H2,1-2H3. The van der Waals surface area contributed by atoms with Crippen molar-refractivity contribution in [1.29, 1.82) is 0 Å². The van der Waals surface area contributed by atoms with Gasteiger partial charge in [-0.1, -0.05) is 19.3 Å². The van der Waals surface area contributed by atoms with Crippen molar-refractivity contribution in [3.05, 3.63) is 0 Å². The van der Waals surface area contributed by atoms with Crippen LogP contribution in [0.25, 0.3) is 0 Å². The lowest BCUT2D eigenvalue weighted by Gasteiger charge is -2.29. The lowest BCUT2D eigenvalue weighted by Crippen LogP contribution is -2.30. The quantitative estimate of drug-likeness (QED) is 0.607. The van der Waals surface area contributed by atoms with Crippen LogP contribution in [-0.2, 0) is 4.74 Å². The molecular weight excluding hydrogens is 174 g/mol. The van der Waals surface area contributed by atoms with E-state index in [1.807, 2.05) is 0 Å². The average Bonchev–Trinajstić information content (AvgIpc) is 2.14. The molecule has 1 N–H and O–H groups in total. The fourth-order valence-corrected chi connectivity index (χ4v) is 2.09. The topological polar surface area (TPSA) is 21.3 Å². The highest BCUT2D eigenvalue weighted by atomic mass is 16.5. The van der Waals surface area contributed by atoms with E-state index in [1.54, 1.807) is 0 Å². The monoisotopic (exact) mass is 199 g/mol. The summed E-state index contributed by atoms with van der Waals surface area (Å²) in [6.45, 7) is 3.84. The van der Waals surface area contributed by atoms with Crippen molar-refractivity contribution in [2.45, 2.75) is 51.5 Å². The molecule has 1 aliphatic rings. The van der Waals surface area contributed by atoms with Gasteiger partial charge >= 0.3 is 0 Å². The molecular formula is C12H25NO. The third-order valence-corrected chi connectivity index (χ3v) is 3.30. The fraction of sp³-hybridized carbons (Fsp3) is 1.00. The number of hydrogen-bond donors (Lipinski definition) is 1. The number of hydrogen-bond acceptors (Lipinski definition) is 2. The first-order valence-electron chi connectivity index (χ1n) is 6.11. The van der Waals surface area contributed by atoms with E-state index in [0.29, 0.717) is 0 Å². The van der Waals surface area contributed by atoms with Crippen molar-refractivity contribution >= 4 is 0 Å². The van der Waals surface area contributed by atoms with Gasteiger partial charge in [-0.25, -0.2) is 0 Å². The maximum absolute atomic E-state index is 5.35. The van der Waals surface area contributed by atoms with Crippen LogP contribution >= 0.6 is 0 Å². The van der Waals surface area contributed by atoms with Gasteiger partial charge in [0.1, 0.15) is 0 Å². The van der Waals surface area contributed by atoms with Crippen LogP contribution in [0.15, 0.2) is 0 Å². The van der Waals surface area contributed by atoms with E-state index in [9.17, 15) is 0 Å². The molecule has 0 aromatic rings. The van der Waals surface area contributed by atoms with E-state index in [0.717, 1.165) is 25.2 Å². The summed E-state index contributed by atoms with van der Waals surface area (Å²) in [7, 11) is 2.09. The Morgan fingerprint density at radius 2 is 2.21 bits per heavy atom. The van der Waals surface area contributed by atoms with Gasteiger partial charge in [0.15, 0.2) is 0 Å². The number of rotatable bonds is 8. The molecule has 2 nitrogen and oxygen atoms in total. The van der Waals surface area contributed by atoms with Gasteiger partial charge in [0.2, 0.25) is 0 Å². The van der Waals surface area contributed by atoms with E-state index < -0.39 is 0 Å². The van der Waals surface area contributed by atoms with Crippen molar-refractivity contribution in [1.82, 2.24) is 5.32 Å². The Kier molecular flexibility index (Phi) is 6.20. The van der Waals surface area contributed by atoms with Gasteiger partial charge in [0, 0.05) is 19.3 Å². The molecule has 0 spiro atoms. The summed E-state index contributed by atoms with van der Waals surface area (Å²) in [5.74, 6) is 1.01. The summed E-state index contributed by atoms with van der Waals surface area (Å²) >= 11 is 0. The highest BCUT2D eigenvalue weighted by Crippen LogP contribution is 2.31. The molecule has 1 atom stereocenters. The molecule has 2 heteroatoms. The zero-order valence-corrected chi connectivity index (χ0v) is 9.72. The zero-order chi connectivity index (χ0) is 10.2. The molecule has 1 unspecified atom stereocenters. The van der Waals surface area contributed by atoms with Crippen LogP contribution in [-0.4, -0.2) is 26.3 Å². The maximum Gasteiger partial charge on any atom is 0.0466 e. The van der Waals surface area contributed by atoms with Crippen LogP contribution in [0.4, 0.5) is 0 Å². The summed E-state index contributed by atoms with van der Waals surface area (Å²) in [5.41, 5.74) is 0. The molecule has 0 heterocycles. The Balaban J connectivity index is 1.99. The Morgan fingerprint density at radius 3 is 2.71 bits per heavy atom. The minimum atomic E-state index is 0.723. The maximum atomic E-state index is 5.35. The Labute approximate surface area is 88.4 Å². The predicted octanol–water partition coefficient (Wildman–Crippen LogP) is 2.58. The van der Waals surface area contributed by atoms with Crippen LogP contribution < -0.4 is 5.32 Å². The van der Waals surface area contributed by atoms with E-state index >= 15 is 0 Å². The zero-order valence-electron chi connectivity index (χ0n) is 9.72. The van der Waals surface area contributed by atoms with Crippen LogP contribution in [0.1, 0.15) is 45.4 Å². The molecule has 84 valence electrons. The first kappa shape index (κ1) is 12.0.